The third-order valence-electron chi connectivity index (χ3n) is 6.74. The van der Waals surface area contributed by atoms with Crippen molar-refractivity contribution in [2.24, 2.45) is 0 Å². The summed E-state index contributed by atoms with van der Waals surface area (Å²) in [7, 11) is 2.01. The topological polar surface area (TPSA) is 47.6 Å². The molecule has 1 fully saturated rings. The molecular formula is C28H35ClN4O. The number of rotatable bonds is 8. The van der Waals surface area contributed by atoms with E-state index in [1.165, 1.54) is 17.6 Å². The lowest BCUT2D eigenvalue weighted by atomic mass is 9.90. The Kier molecular flexibility index (Phi) is 7.64. The molecule has 1 aromatic rings. The number of amides is 1. The second-order valence-electron chi connectivity index (χ2n) is 9.34. The molecule has 3 aliphatic rings. The van der Waals surface area contributed by atoms with Crippen LogP contribution in [0.15, 0.2) is 71.8 Å². The average Bonchev–Trinajstić information content (AvgIpc) is 3.14. The highest BCUT2D eigenvalue weighted by Gasteiger charge is 2.26. The van der Waals surface area contributed by atoms with Gasteiger partial charge in [-0.1, -0.05) is 55.8 Å². The van der Waals surface area contributed by atoms with Crippen molar-refractivity contribution < 1.29 is 4.79 Å². The van der Waals surface area contributed by atoms with Crippen LogP contribution in [0.4, 0.5) is 0 Å². The second-order valence-corrected chi connectivity index (χ2v) is 9.70. The predicted molar refractivity (Wildman–Crippen MR) is 141 cm³/mol. The van der Waals surface area contributed by atoms with Gasteiger partial charge in [-0.2, -0.15) is 0 Å². The molecule has 180 valence electrons. The Morgan fingerprint density at radius 2 is 2.06 bits per heavy atom. The van der Waals surface area contributed by atoms with Crippen molar-refractivity contribution in [3.8, 4) is 0 Å². The number of nitrogens with one attached hydrogen (secondary N) is 2. The van der Waals surface area contributed by atoms with Crippen molar-refractivity contribution in [3.05, 3.63) is 82.9 Å². The van der Waals surface area contributed by atoms with E-state index in [4.69, 9.17) is 11.6 Å². The summed E-state index contributed by atoms with van der Waals surface area (Å²) in [6.45, 7) is 8.57. The Labute approximate surface area is 208 Å². The summed E-state index contributed by atoms with van der Waals surface area (Å²) in [5, 5.41) is 5.73. The van der Waals surface area contributed by atoms with Crippen LogP contribution in [0.25, 0.3) is 11.1 Å². The van der Waals surface area contributed by atoms with Crippen LogP contribution in [-0.4, -0.2) is 34.9 Å². The number of hydrazine groups is 1. The zero-order chi connectivity index (χ0) is 24.2. The maximum atomic E-state index is 12.6. The van der Waals surface area contributed by atoms with Gasteiger partial charge < -0.3 is 15.2 Å². The SMILES string of the molecule is C=C1C=C(C(=O)NC2CCC2)C=CN1/C(Cl)=C(\CCCC)c1ccccc1C1=CN(C)NC1C. The summed E-state index contributed by atoms with van der Waals surface area (Å²) < 4.78 is 0. The van der Waals surface area contributed by atoms with Gasteiger partial charge in [0.2, 0.25) is 0 Å². The van der Waals surface area contributed by atoms with Gasteiger partial charge in [-0.05, 0) is 73.5 Å². The van der Waals surface area contributed by atoms with Crippen LogP contribution in [0.5, 0.6) is 0 Å². The van der Waals surface area contributed by atoms with E-state index in [1.807, 2.05) is 35.3 Å². The number of carbonyl (C=O) groups excluding carboxylic acids is 1. The first-order valence-corrected chi connectivity index (χ1v) is 12.6. The monoisotopic (exact) mass is 478 g/mol. The van der Waals surface area contributed by atoms with E-state index in [1.54, 1.807) is 0 Å². The number of nitrogens with zero attached hydrogens (tertiary/aromatic N) is 2. The summed E-state index contributed by atoms with van der Waals surface area (Å²) >= 11 is 7.10. The third kappa shape index (κ3) is 5.16. The molecule has 0 aromatic heterocycles. The van der Waals surface area contributed by atoms with E-state index in [0.717, 1.165) is 43.2 Å². The van der Waals surface area contributed by atoms with Gasteiger partial charge in [-0.3, -0.25) is 4.79 Å². The van der Waals surface area contributed by atoms with Gasteiger partial charge >= 0.3 is 0 Å². The molecule has 2 aliphatic heterocycles. The Balaban J connectivity index is 1.66. The maximum Gasteiger partial charge on any atom is 0.251 e. The molecule has 0 radical (unpaired) electrons. The van der Waals surface area contributed by atoms with Crippen molar-refractivity contribution in [2.75, 3.05) is 7.05 Å². The normalized spacial score (nSPS) is 21.2. The van der Waals surface area contributed by atoms with Crippen molar-refractivity contribution in [2.45, 2.75) is 64.5 Å². The lowest BCUT2D eigenvalue weighted by Crippen LogP contribution is -2.40. The van der Waals surface area contributed by atoms with Crippen molar-refractivity contribution in [1.82, 2.24) is 20.7 Å². The first kappa shape index (κ1) is 24.4. The molecule has 1 aliphatic carbocycles. The molecule has 34 heavy (non-hydrogen) atoms. The number of allylic oxidation sites excluding steroid dienone is 2. The number of halogens is 1. The van der Waals surface area contributed by atoms with Crippen LogP contribution in [0, 0.1) is 0 Å². The molecular weight excluding hydrogens is 444 g/mol. The van der Waals surface area contributed by atoms with E-state index >= 15 is 0 Å². The number of hydrogen-bond donors (Lipinski definition) is 2. The van der Waals surface area contributed by atoms with Crippen molar-refractivity contribution in [3.63, 3.8) is 0 Å². The lowest BCUT2D eigenvalue weighted by molar-refractivity contribution is -0.118. The summed E-state index contributed by atoms with van der Waals surface area (Å²) in [5.74, 6) is -0.0443. The van der Waals surface area contributed by atoms with Gasteiger partial charge in [0.05, 0.1) is 6.04 Å². The third-order valence-corrected chi connectivity index (χ3v) is 7.15. The van der Waals surface area contributed by atoms with Gasteiger partial charge in [0, 0.05) is 36.8 Å². The van der Waals surface area contributed by atoms with Crippen LogP contribution >= 0.6 is 11.6 Å². The number of unbranched alkanes of at least 4 members (excludes halogenated alkanes) is 1. The summed E-state index contributed by atoms with van der Waals surface area (Å²) in [6, 6.07) is 8.97. The molecule has 0 spiro atoms. The Morgan fingerprint density at radius 1 is 1.29 bits per heavy atom. The average molecular weight is 479 g/mol. The fourth-order valence-electron chi connectivity index (χ4n) is 4.58. The van der Waals surface area contributed by atoms with E-state index in [-0.39, 0.29) is 11.9 Å². The van der Waals surface area contributed by atoms with E-state index in [2.05, 4.69) is 61.6 Å². The van der Waals surface area contributed by atoms with Gasteiger partial charge in [0.1, 0.15) is 5.16 Å². The smallest absolute Gasteiger partial charge is 0.251 e. The predicted octanol–water partition coefficient (Wildman–Crippen LogP) is 5.90. The van der Waals surface area contributed by atoms with Crippen LogP contribution in [-0.2, 0) is 4.79 Å². The van der Waals surface area contributed by atoms with Crippen LogP contribution in [0.3, 0.4) is 0 Å². The van der Waals surface area contributed by atoms with Gasteiger partial charge in [0.25, 0.3) is 5.91 Å². The molecule has 4 rings (SSSR count). The fourth-order valence-corrected chi connectivity index (χ4v) is 4.94. The van der Waals surface area contributed by atoms with E-state index in [0.29, 0.717) is 22.5 Å². The fraction of sp³-hybridized carbons (Fsp3) is 0.393. The molecule has 2 N–H and O–H groups in total. The summed E-state index contributed by atoms with van der Waals surface area (Å²) in [6.07, 6.45) is 13.9. The molecule has 5 nitrogen and oxygen atoms in total. The molecule has 1 amide bonds. The van der Waals surface area contributed by atoms with Crippen LogP contribution in [0.2, 0.25) is 0 Å². The standard InChI is InChI=1S/C28H35ClN4O/c1-5-6-12-25(23-13-7-8-14-24(23)26-18-32(4)31-20(26)3)27(29)33-16-15-21(17-19(33)2)28(34)30-22-10-9-11-22/h7-8,13-18,20,22,31H,2,5-6,9-12H2,1,3-4H3,(H,30,34)/b27-25+. The first-order valence-electron chi connectivity index (χ1n) is 12.3. The molecule has 1 atom stereocenters. The molecule has 1 saturated carbocycles. The molecule has 1 unspecified atom stereocenters. The largest absolute Gasteiger partial charge is 0.349 e. The molecule has 6 heteroatoms. The van der Waals surface area contributed by atoms with Gasteiger partial charge in [-0.15, -0.1) is 0 Å². The van der Waals surface area contributed by atoms with E-state index < -0.39 is 0 Å². The Morgan fingerprint density at radius 3 is 2.68 bits per heavy atom. The van der Waals surface area contributed by atoms with Crippen molar-refractivity contribution in [1.29, 1.82) is 0 Å². The van der Waals surface area contributed by atoms with Crippen molar-refractivity contribution >= 4 is 28.7 Å². The lowest BCUT2D eigenvalue weighted by Gasteiger charge is -2.29. The Hall–Kier alpha value is -2.76. The first-order chi connectivity index (χ1) is 16.4. The van der Waals surface area contributed by atoms with Gasteiger partial charge in [0.15, 0.2) is 0 Å². The summed E-state index contributed by atoms with van der Waals surface area (Å²) in [4.78, 5) is 14.5. The summed E-state index contributed by atoms with van der Waals surface area (Å²) in [5.41, 5.74) is 9.36. The number of hydrogen-bond acceptors (Lipinski definition) is 4. The number of carbonyl (C=O) groups is 1. The van der Waals surface area contributed by atoms with Crippen LogP contribution < -0.4 is 10.7 Å². The minimum atomic E-state index is -0.0443. The highest BCUT2D eigenvalue weighted by atomic mass is 35.5. The zero-order valence-corrected chi connectivity index (χ0v) is 21.2. The highest BCUT2D eigenvalue weighted by molar-refractivity contribution is 6.32. The molecule has 0 bridgehead atoms. The van der Waals surface area contributed by atoms with Crippen LogP contribution in [0.1, 0.15) is 63.5 Å². The second kappa shape index (κ2) is 10.7. The minimum Gasteiger partial charge on any atom is -0.349 e. The highest BCUT2D eigenvalue weighted by Crippen LogP contribution is 2.37. The Bertz CT molecular complexity index is 1080. The quantitative estimate of drug-likeness (QED) is 0.456. The minimum absolute atomic E-state index is 0.0443. The molecule has 2 heterocycles. The molecule has 1 aromatic carbocycles. The number of benzene rings is 1. The zero-order valence-electron chi connectivity index (χ0n) is 20.4. The maximum absolute atomic E-state index is 12.6. The molecule has 0 saturated heterocycles. The van der Waals surface area contributed by atoms with E-state index in [9.17, 15) is 4.79 Å². The van der Waals surface area contributed by atoms with Gasteiger partial charge in [-0.25, -0.2) is 5.43 Å².